The first-order valence-corrected chi connectivity index (χ1v) is 13.6. The molecule has 176 valence electrons. The fraction of sp³-hybridized carbons (Fsp3) is 0.893. The number of carbonyl (C=O) groups excluding carboxylic acids is 1. The minimum atomic E-state index is -0.00527. The number of unbranched alkanes of at least 4 members (excludes halogenated alkanes) is 8. The molecular formula is C28H52O2. The Balaban J connectivity index is 2.27. The van der Waals surface area contributed by atoms with E-state index in [1.54, 1.807) is 0 Å². The molecule has 2 heteroatoms. The Bertz CT molecular complexity index is 426. The third kappa shape index (κ3) is 16.9. The van der Waals surface area contributed by atoms with Crippen molar-refractivity contribution in [3.05, 3.63) is 11.8 Å². The number of hydrogen-bond donors (Lipinski definition) is 0. The number of esters is 1. The Hall–Kier alpha value is -0.790. The molecule has 0 fully saturated rings. The first kappa shape index (κ1) is 27.2. The van der Waals surface area contributed by atoms with Crippen molar-refractivity contribution in [2.45, 2.75) is 155 Å². The fourth-order valence-corrected chi connectivity index (χ4v) is 4.53. The number of ether oxygens (including phenoxy) is 1. The van der Waals surface area contributed by atoms with Crippen molar-refractivity contribution >= 4 is 5.97 Å². The maximum absolute atomic E-state index is 12.4. The number of carbonyl (C=O) groups is 1. The second-order valence-electron chi connectivity index (χ2n) is 9.74. The first-order chi connectivity index (χ1) is 14.7. The number of allylic oxidation sites excluding steroid dienone is 2. The summed E-state index contributed by atoms with van der Waals surface area (Å²) in [6.07, 6.45) is 29.9. The zero-order valence-corrected chi connectivity index (χ0v) is 20.5. The predicted octanol–water partition coefficient (Wildman–Crippen LogP) is 9.67. The van der Waals surface area contributed by atoms with Crippen LogP contribution in [0, 0.1) is 5.92 Å². The van der Waals surface area contributed by atoms with Gasteiger partial charge in [-0.3, -0.25) is 4.79 Å². The van der Waals surface area contributed by atoms with E-state index in [4.69, 9.17) is 4.74 Å². The van der Waals surface area contributed by atoms with Crippen LogP contribution in [0.15, 0.2) is 11.8 Å². The van der Waals surface area contributed by atoms with Gasteiger partial charge in [-0.25, -0.2) is 0 Å². The smallest absolute Gasteiger partial charge is 0.310 e. The van der Waals surface area contributed by atoms with Gasteiger partial charge in [0.25, 0.3) is 0 Å². The molecule has 2 nitrogen and oxygen atoms in total. The monoisotopic (exact) mass is 420 g/mol. The molecule has 0 heterocycles. The highest BCUT2D eigenvalue weighted by molar-refractivity contribution is 5.70. The molecule has 0 aromatic heterocycles. The van der Waals surface area contributed by atoms with Crippen molar-refractivity contribution in [1.29, 1.82) is 0 Å². The SMILES string of the molecule is CCCCCCCCCCCC(=O)O/C1=C\C(C)CCCCCCCCCCCC1. The van der Waals surface area contributed by atoms with Crippen molar-refractivity contribution in [2.75, 3.05) is 0 Å². The average Bonchev–Trinajstić information content (AvgIpc) is 2.73. The molecule has 0 bridgehead atoms. The van der Waals surface area contributed by atoms with E-state index in [1.807, 2.05) is 0 Å². The van der Waals surface area contributed by atoms with E-state index < -0.39 is 0 Å². The van der Waals surface area contributed by atoms with Gasteiger partial charge in [0.05, 0.1) is 0 Å². The zero-order valence-electron chi connectivity index (χ0n) is 20.5. The normalized spacial score (nSPS) is 21.8. The summed E-state index contributed by atoms with van der Waals surface area (Å²) < 4.78 is 5.84. The highest BCUT2D eigenvalue weighted by atomic mass is 16.5. The third-order valence-electron chi connectivity index (χ3n) is 6.53. The highest BCUT2D eigenvalue weighted by Crippen LogP contribution is 2.21. The van der Waals surface area contributed by atoms with Crippen LogP contribution >= 0.6 is 0 Å². The molecule has 0 aliphatic heterocycles. The summed E-state index contributed by atoms with van der Waals surface area (Å²) in [5, 5.41) is 0. The molecule has 0 radical (unpaired) electrons. The minimum Gasteiger partial charge on any atom is -0.431 e. The summed E-state index contributed by atoms with van der Waals surface area (Å²) in [7, 11) is 0. The lowest BCUT2D eigenvalue weighted by molar-refractivity contribution is -0.139. The summed E-state index contributed by atoms with van der Waals surface area (Å²) in [6.45, 7) is 4.55. The fourth-order valence-electron chi connectivity index (χ4n) is 4.53. The Morgan fingerprint density at radius 2 is 1.27 bits per heavy atom. The summed E-state index contributed by atoms with van der Waals surface area (Å²) in [5.74, 6) is 1.47. The van der Waals surface area contributed by atoms with Crippen LogP contribution in [-0.4, -0.2) is 5.97 Å². The standard InChI is InChI=1S/C28H52O2/c1-3-4-5-6-7-10-15-18-21-24-28(29)30-27-23-20-17-14-12-9-8-11-13-16-19-22-26(2)25-27/h25-26H,3-24H2,1-2H3/b27-25-. The van der Waals surface area contributed by atoms with E-state index in [2.05, 4.69) is 19.9 Å². The lowest BCUT2D eigenvalue weighted by atomic mass is 10.0. The maximum atomic E-state index is 12.4. The van der Waals surface area contributed by atoms with Gasteiger partial charge in [-0.2, -0.15) is 0 Å². The molecule has 30 heavy (non-hydrogen) atoms. The molecule has 0 saturated heterocycles. The quantitative estimate of drug-likeness (QED) is 0.245. The minimum absolute atomic E-state index is 0.00527. The van der Waals surface area contributed by atoms with Gasteiger partial charge in [0, 0.05) is 12.8 Å². The van der Waals surface area contributed by atoms with E-state index in [0.717, 1.165) is 25.0 Å². The average molecular weight is 421 g/mol. The summed E-state index contributed by atoms with van der Waals surface area (Å²) >= 11 is 0. The molecule has 0 amide bonds. The van der Waals surface area contributed by atoms with Crippen LogP contribution in [0.2, 0.25) is 0 Å². The van der Waals surface area contributed by atoms with Gasteiger partial charge in [-0.1, -0.05) is 123 Å². The Morgan fingerprint density at radius 1 is 0.767 bits per heavy atom. The molecule has 1 unspecified atom stereocenters. The lowest BCUT2D eigenvalue weighted by Crippen LogP contribution is -2.06. The maximum Gasteiger partial charge on any atom is 0.310 e. The molecule has 0 N–H and O–H groups in total. The van der Waals surface area contributed by atoms with E-state index >= 15 is 0 Å². The summed E-state index contributed by atoms with van der Waals surface area (Å²) in [4.78, 5) is 12.4. The number of rotatable bonds is 11. The van der Waals surface area contributed by atoms with Crippen LogP contribution in [0.5, 0.6) is 0 Å². The van der Waals surface area contributed by atoms with Gasteiger partial charge in [0.15, 0.2) is 0 Å². The van der Waals surface area contributed by atoms with Crippen LogP contribution in [-0.2, 0) is 9.53 Å². The van der Waals surface area contributed by atoms with Crippen molar-refractivity contribution in [3.8, 4) is 0 Å². The Morgan fingerprint density at radius 3 is 1.87 bits per heavy atom. The Kier molecular flexibility index (Phi) is 18.3. The van der Waals surface area contributed by atoms with E-state index in [9.17, 15) is 4.79 Å². The molecule has 1 aliphatic carbocycles. The van der Waals surface area contributed by atoms with Crippen molar-refractivity contribution < 1.29 is 9.53 Å². The van der Waals surface area contributed by atoms with Gasteiger partial charge in [-0.05, 0) is 31.3 Å². The van der Waals surface area contributed by atoms with Crippen LogP contribution < -0.4 is 0 Å². The first-order valence-electron chi connectivity index (χ1n) is 13.6. The van der Waals surface area contributed by atoms with Crippen LogP contribution in [0.4, 0.5) is 0 Å². The van der Waals surface area contributed by atoms with Gasteiger partial charge in [0.2, 0.25) is 0 Å². The third-order valence-corrected chi connectivity index (χ3v) is 6.53. The predicted molar refractivity (Wildman–Crippen MR) is 131 cm³/mol. The molecule has 0 aromatic carbocycles. The summed E-state index contributed by atoms with van der Waals surface area (Å²) in [5.41, 5.74) is 0. The van der Waals surface area contributed by atoms with E-state index in [0.29, 0.717) is 12.3 Å². The van der Waals surface area contributed by atoms with Gasteiger partial charge >= 0.3 is 5.97 Å². The van der Waals surface area contributed by atoms with Gasteiger partial charge < -0.3 is 4.74 Å². The molecule has 1 rings (SSSR count). The molecule has 0 saturated carbocycles. The molecule has 0 spiro atoms. The summed E-state index contributed by atoms with van der Waals surface area (Å²) in [6, 6.07) is 0. The largest absolute Gasteiger partial charge is 0.431 e. The van der Waals surface area contributed by atoms with Crippen LogP contribution in [0.3, 0.4) is 0 Å². The topological polar surface area (TPSA) is 26.3 Å². The molecule has 0 aromatic rings. The van der Waals surface area contributed by atoms with Crippen molar-refractivity contribution in [1.82, 2.24) is 0 Å². The van der Waals surface area contributed by atoms with Gasteiger partial charge in [-0.15, -0.1) is 0 Å². The van der Waals surface area contributed by atoms with E-state index in [-0.39, 0.29) is 5.97 Å². The highest BCUT2D eigenvalue weighted by Gasteiger charge is 2.10. The van der Waals surface area contributed by atoms with Crippen molar-refractivity contribution in [3.63, 3.8) is 0 Å². The van der Waals surface area contributed by atoms with Gasteiger partial charge in [0.1, 0.15) is 5.76 Å². The molecular weight excluding hydrogens is 368 g/mol. The van der Waals surface area contributed by atoms with E-state index in [1.165, 1.54) is 116 Å². The molecule has 1 aliphatic rings. The lowest BCUT2D eigenvalue weighted by Gasteiger charge is -2.13. The second kappa shape index (κ2) is 20.1. The molecule has 1 atom stereocenters. The van der Waals surface area contributed by atoms with Crippen molar-refractivity contribution in [2.24, 2.45) is 5.92 Å². The zero-order chi connectivity index (χ0) is 21.7. The van der Waals surface area contributed by atoms with Crippen LogP contribution in [0.1, 0.15) is 155 Å². The van der Waals surface area contributed by atoms with Crippen LogP contribution in [0.25, 0.3) is 0 Å². The number of hydrogen-bond acceptors (Lipinski definition) is 2. The Labute approximate surface area is 188 Å². The second-order valence-corrected chi connectivity index (χ2v) is 9.74.